The molecule has 1 aromatic carbocycles. The van der Waals surface area contributed by atoms with Crippen LogP contribution in [-0.2, 0) is 35.3 Å². The van der Waals surface area contributed by atoms with E-state index in [1.54, 1.807) is 0 Å². The van der Waals surface area contributed by atoms with Crippen LogP contribution in [0.2, 0.25) is 0 Å². The molecule has 1 rings (SSSR count). The van der Waals surface area contributed by atoms with Crippen molar-refractivity contribution in [2.24, 2.45) is 0 Å². The molecule has 0 aliphatic heterocycles. The maximum absolute atomic E-state index is 11.1. The number of aliphatic hydroxyl groups is 2. The summed E-state index contributed by atoms with van der Waals surface area (Å²) < 4.78 is 0. The summed E-state index contributed by atoms with van der Waals surface area (Å²) in [4.78, 5) is 22.1. The van der Waals surface area contributed by atoms with Gasteiger partial charge in [0.1, 0.15) is 0 Å². The van der Waals surface area contributed by atoms with Gasteiger partial charge in [-0.3, -0.25) is 9.59 Å². The summed E-state index contributed by atoms with van der Waals surface area (Å²) in [6, 6.07) is 4.75. The number of aryl methyl sites for hydroxylation is 4. The average Bonchev–Trinajstić information content (AvgIpc) is 2.75. The van der Waals surface area contributed by atoms with Gasteiger partial charge in [-0.05, 0) is 99.3 Å². The van der Waals surface area contributed by atoms with E-state index in [4.69, 9.17) is 0 Å². The lowest BCUT2D eigenvalue weighted by molar-refractivity contribution is -0.111. The summed E-state index contributed by atoms with van der Waals surface area (Å²) in [5.74, 6) is 0. The van der Waals surface area contributed by atoms with Crippen LogP contribution >= 0.6 is 25.3 Å². The minimum atomic E-state index is -0.0382. The van der Waals surface area contributed by atoms with Gasteiger partial charge in [-0.15, -0.1) is 25.3 Å². The Morgan fingerprint density at radius 3 is 1.12 bits per heavy atom. The van der Waals surface area contributed by atoms with E-state index in [2.05, 4.69) is 37.4 Å². The van der Waals surface area contributed by atoms with Crippen molar-refractivity contribution in [2.45, 2.75) is 103 Å². The van der Waals surface area contributed by atoms with Crippen molar-refractivity contribution in [1.29, 1.82) is 0 Å². The Bertz CT molecular complexity index is 619. The Labute approximate surface area is 205 Å². The number of unbranched alkanes of at least 4 members (excludes halogenated alkanes) is 6. The molecular formula is C26H42O4S2. The van der Waals surface area contributed by atoms with E-state index >= 15 is 0 Å². The number of aliphatic hydroxyl groups excluding tert-OH is 2. The van der Waals surface area contributed by atoms with Gasteiger partial charge >= 0.3 is 0 Å². The molecule has 32 heavy (non-hydrogen) atoms. The lowest BCUT2D eigenvalue weighted by Crippen LogP contribution is -2.04. The van der Waals surface area contributed by atoms with Gasteiger partial charge in [0.05, 0.1) is 0 Å². The number of carbonyl (C=O) groups excluding carboxylic acids is 2. The van der Waals surface area contributed by atoms with Crippen LogP contribution in [-0.4, -0.2) is 33.7 Å². The van der Waals surface area contributed by atoms with Gasteiger partial charge in [-0.2, -0.15) is 0 Å². The third-order valence-corrected chi connectivity index (χ3v) is 6.35. The zero-order valence-corrected chi connectivity index (χ0v) is 21.3. The van der Waals surface area contributed by atoms with E-state index in [0.29, 0.717) is 12.8 Å². The Balaban J connectivity index is 2.91. The Morgan fingerprint density at radius 1 is 0.531 bits per heavy atom. The van der Waals surface area contributed by atoms with Crippen molar-refractivity contribution in [3.05, 3.63) is 34.4 Å². The summed E-state index contributed by atoms with van der Waals surface area (Å²) in [6.45, 7) is 0.451. The molecule has 0 aliphatic rings. The molecule has 0 spiro atoms. The second-order valence-corrected chi connectivity index (χ2v) is 9.66. The molecule has 0 fully saturated rings. The van der Waals surface area contributed by atoms with Crippen molar-refractivity contribution in [2.75, 3.05) is 13.2 Å². The molecule has 4 nitrogen and oxygen atoms in total. The van der Waals surface area contributed by atoms with Crippen LogP contribution in [0.5, 0.6) is 0 Å². The maximum atomic E-state index is 11.1. The van der Waals surface area contributed by atoms with Crippen molar-refractivity contribution in [3.8, 4) is 0 Å². The number of rotatable bonds is 20. The van der Waals surface area contributed by atoms with E-state index < -0.39 is 0 Å². The summed E-state index contributed by atoms with van der Waals surface area (Å²) in [7, 11) is 0. The van der Waals surface area contributed by atoms with E-state index in [0.717, 1.165) is 89.9 Å². The fourth-order valence-corrected chi connectivity index (χ4v) is 4.43. The second-order valence-electron chi connectivity index (χ2n) is 8.66. The molecule has 0 saturated heterocycles. The largest absolute Gasteiger partial charge is 0.396 e. The molecule has 182 valence electrons. The molecule has 0 heterocycles. The molecule has 6 heteroatoms. The summed E-state index contributed by atoms with van der Waals surface area (Å²) in [5.41, 5.74) is 5.55. The number of carbonyl (C=O) groups is 2. The monoisotopic (exact) mass is 482 g/mol. The van der Waals surface area contributed by atoms with Crippen LogP contribution < -0.4 is 0 Å². The van der Waals surface area contributed by atoms with Gasteiger partial charge < -0.3 is 10.2 Å². The molecule has 0 amide bonds. The highest BCUT2D eigenvalue weighted by atomic mass is 32.1. The molecule has 0 radical (unpaired) electrons. The fraction of sp³-hybridized carbons (Fsp3) is 0.692. The molecule has 2 N–H and O–H groups in total. The van der Waals surface area contributed by atoms with Gasteiger partial charge in [-0.1, -0.05) is 25.0 Å². The molecule has 0 unspecified atom stereocenters. The van der Waals surface area contributed by atoms with E-state index in [-0.39, 0.29) is 23.4 Å². The summed E-state index contributed by atoms with van der Waals surface area (Å²) >= 11 is 7.71. The average molecular weight is 483 g/mol. The Hall–Kier alpha value is -0.820. The molecule has 0 atom stereocenters. The fourth-order valence-electron chi connectivity index (χ4n) is 4.11. The van der Waals surface area contributed by atoms with Crippen LogP contribution in [0.15, 0.2) is 12.1 Å². The van der Waals surface area contributed by atoms with Gasteiger partial charge in [0.25, 0.3) is 0 Å². The smallest absolute Gasteiger partial charge is 0.185 e. The SMILES string of the molecule is O=C(S)CCCCCc1cc(CCCCO)c(CCCCO)cc1CCCCCC(=O)S. The highest BCUT2D eigenvalue weighted by molar-refractivity contribution is 7.96. The molecule has 0 aromatic heterocycles. The normalized spacial score (nSPS) is 11.1. The molecule has 1 aromatic rings. The highest BCUT2D eigenvalue weighted by Crippen LogP contribution is 2.25. The molecule has 0 bridgehead atoms. The van der Waals surface area contributed by atoms with Crippen LogP contribution in [0.4, 0.5) is 0 Å². The number of hydrogen-bond donors (Lipinski definition) is 4. The van der Waals surface area contributed by atoms with Gasteiger partial charge in [0.15, 0.2) is 10.2 Å². The van der Waals surface area contributed by atoms with Crippen LogP contribution in [0, 0.1) is 0 Å². The maximum Gasteiger partial charge on any atom is 0.185 e. The predicted octanol–water partition coefficient (Wildman–Crippen LogP) is 5.44. The number of benzene rings is 1. The number of hydrogen-bond acceptors (Lipinski definition) is 4. The molecule has 0 saturated carbocycles. The summed E-state index contributed by atoms with van der Waals surface area (Å²) in [5, 5.41) is 18.3. The first kappa shape index (κ1) is 29.2. The van der Waals surface area contributed by atoms with Crippen LogP contribution in [0.1, 0.15) is 99.3 Å². The van der Waals surface area contributed by atoms with Crippen molar-refractivity contribution >= 4 is 35.5 Å². The first-order valence-electron chi connectivity index (χ1n) is 12.3. The van der Waals surface area contributed by atoms with Gasteiger partial charge in [0, 0.05) is 26.1 Å². The lowest BCUT2D eigenvalue weighted by Gasteiger charge is -2.17. The zero-order valence-electron chi connectivity index (χ0n) is 19.5. The first-order valence-corrected chi connectivity index (χ1v) is 13.2. The minimum Gasteiger partial charge on any atom is -0.396 e. The van der Waals surface area contributed by atoms with E-state index in [1.165, 1.54) is 22.3 Å². The van der Waals surface area contributed by atoms with Gasteiger partial charge in [-0.25, -0.2) is 0 Å². The summed E-state index contributed by atoms with van der Waals surface area (Å²) in [6.07, 6.45) is 14.6. The minimum absolute atomic E-state index is 0.0382. The molecular weight excluding hydrogens is 440 g/mol. The first-order chi connectivity index (χ1) is 15.5. The third-order valence-electron chi connectivity index (χ3n) is 5.90. The van der Waals surface area contributed by atoms with Crippen LogP contribution in [0.25, 0.3) is 0 Å². The molecule has 0 aliphatic carbocycles. The van der Waals surface area contributed by atoms with Crippen LogP contribution in [0.3, 0.4) is 0 Å². The lowest BCUT2D eigenvalue weighted by atomic mass is 9.88. The van der Waals surface area contributed by atoms with Gasteiger partial charge in [0.2, 0.25) is 0 Å². The zero-order chi connectivity index (χ0) is 23.6. The topological polar surface area (TPSA) is 74.6 Å². The third kappa shape index (κ3) is 13.7. The Kier molecular flexibility index (Phi) is 17.0. The van der Waals surface area contributed by atoms with Crippen molar-refractivity contribution in [1.82, 2.24) is 0 Å². The van der Waals surface area contributed by atoms with E-state index in [1.807, 2.05) is 0 Å². The standard InChI is InChI=1S/C26H42O4S2/c27-17-9-7-13-23-19-21(11-3-1-5-15-25(29)31)22(12-4-2-6-16-26(30)32)20-24(23)14-8-10-18-28/h19-20,27-28H,1-18H2,(H,29,31)(H,30,32). The van der Waals surface area contributed by atoms with Crippen molar-refractivity contribution in [3.63, 3.8) is 0 Å². The van der Waals surface area contributed by atoms with E-state index in [9.17, 15) is 19.8 Å². The Morgan fingerprint density at radius 2 is 0.844 bits per heavy atom. The predicted molar refractivity (Wildman–Crippen MR) is 139 cm³/mol. The van der Waals surface area contributed by atoms with Crippen molar-refractivity contribution < 1.29 is 19.8 Å². The number of thiol groups is 2. The second kappa shape index (κ2) is 18.6. The quantitative estimate of drug-likeness (QED) is 0.148. The highest BCUT2D eigenvalue weighted by Gasteiger charge is 2.11.